The predicted molar refractivity (Wildman–Crippen MR) is 134 cm³/mol. The molecule has 0 saturated carbocycles. The van der Waals surface area contributed by atoms with Gasteiger partial charge in [-0.05, 0) is 34.5 Å². The van der Waals surface area contributed by atoms with Crippen molar-refractivity contribution in [3.8, 4) is 0 Å². The molecule has 1 heterocycles. The van der Waals surface area contributed by atoms with E-state index >= 15 is 0 Å². The van der Waals surface area contributed by atoms with Gasteiger partial charge in [0.2, 0.25) is 15.9 Å². The molecule has 0 aromatic heterocycles. The quantitative estimate of drug-likeness (QED) is 0.505. The molecule has 184 valence electrons. The Kier molecular flexibility index (Phi) is 7.34. The zero-order valence-corrected chi connectivity index (χ0v) is 20.5. The highest BCUT2D eigenvalue weighted by molar-refractivity contribution is 7.89. The molecule has 1 fully saturated rings. The zero-order valence-electron chi connectivity index (χ0n) is 19.7. The summed E-state index contributed by atoms with van der Waals surface area (Å²) in [4.78, 5) is 27.7. The smallest absolute Gasteiger partial charge is 0.271 e. The summed E-state index contributed by atoms with van der Waals surface area (Å²) < 4.78 is 31.8. The molecule has 1 aliphatic heterocycles. The molecular weight excluding hydrogens is 468 g/mol. The summed E-state index contributed by atoms with van der Waals surface area (Å²) in [6.45, 7) is 2.13. The normalized spacial score (nSPS) is 14.2. The van der Waals surface area contributed by atoms with Crippen LogP contribution in [0.2, 0.25) is 0 Å². The highest BCUT2D eigenvalue weighted by atomic mass is 32.2. The minimum absolute atomic E-state index is 0.00765. The third-order valence-corrected chi connectivity index (χ3v) is 7.70. The van der Waals surface area contributed by atoms with E-state index in [0.29, 0.717) is 32.0 Å². The van der Waals surface area contributed by atoms with E-state index in [2.05, 4.69) is 10.9 Å². The fraction of sp³-hybridized carbons (Fsp3) is 0.280. The van der Waals surface area contributed by atoms with E-state index in [1.165, 1.54) is 26.2 Å². The molecule has 0 bridgehead atoms. The third kappa shape index (κ3) is 5.45. The number of ether oxygens (including phenoxy) is 1. The predicted octanol–water partition coefficient (Wildman–Crippen LogP) is 1.93. The topological polar surface area (TPSA) is 108 Å². The number of morpholine rings is 1. The Morgan fingerprint density at radius 3 is 2.43 bits per heavy atom. The van der Waals surface area contributed by atoms with E-state index in [0.717, 1.165) is 20.6 Å². The van der Waals surface area contributed by atoms with Gasteiger partial charge in [-0.2, -0.15) is 0 Å². The van der Waals surface area contributed by atoms with Crippen molar-refractivity contribution in [3.05, 3.63) is 71.8 Å². The largest absolute Gasteiger partial charge is 0.378 e. The maximum Gasteiger partial charge on any atom is 0.271 e. The van der Waals surface area contributed by atoms with Crippen LogP contribution in [0.5, 0.6) is 0 Å². The number of carbonyl (C=O) groups is 2. The Bertz CT molecular complexity index is 1350. The minimum Gasteiger partial charge on any atom is -0.378 e. The maximum atomic E-state index is 13.1. The van der Waals surface area contributed by atoms with Crippen LogP contribution in [0.25, 0.3) is 10.8 Å². The number of nitrogens with zero attached hydrogens (tertiary/aromatic N) is 2. The Hall–Kier alpha value is -3.47. The van der Waals surface area contributed by atoms with Crippen LogP contribution in [0.3, 0.4) is 0 Å². The molecule has 0 spiro atoms. The number of hydrazine groups is 1. The van der Waals surface area contributed by atoms with Gasteiger partial charge < -0.3 is 9.64 Å². The van der Waals surface area contributed by atoms with Gasteiger partial charge in [-0.1, -0.05) is 42.5 Å². The van der Waals surface area contributed by atoms with E-state index in [1.807, 2.05) is 47.4 Å². The average Bonchev–Trinajstić information content (AvgIpc) is 2.87. The molecule has 2 amide bonds. The number of carbonyl (C=O) groups excluding carboxylic acids is 2. The molecule has 0 unspecified atom stereocenters. The highest BCUT2D eigenvalue weighted by Gasteiger charge is 2.24. The summed E-state index contributed by atoms with van der Waals surface area (Å²) in [6.07, 6.45) is 0.0764. The second kappa shape index (κ2) is 10.4. The van der Waals surface area contributed by atoms with Crippen molar-refractivity contribution in [2.45, 2.75) is 11.3 Å². The first-order valence-electron chi connectivity index (χ1n) is 11.2. The van der Waals surface area contributed by atoms with Gasteiger partial charge >= 0.3 is 0 Å². The van der Waals surface area contributed by atoms with Crippen LogP contribution in [-0.4, -0.2) is 64.9 Å². The monoisotopic (exact) mass is 496 g/mol. The number of benzene rings is 3. The SMILES string of the molecule is CN(C)S(=O)(=O)c1ccc(N2CCOCC2)c(C(=O)NNC(=O)Cc2cccc3ccccc23)c1. The summed E-state index contributed by atoms with van der Waals surface area (Å²) in [5.74, 6) is -0.992. The van der Waals surface area contributed by atoms with Crippen molar-refractivity contribution < 1.29 is 22.7 Å². The number of nitrogens with one attached hydrogen (secondary N) is 2. The molecule has 3 aromatic rings. The van der Waals surface area contributed by atoms with Crippen LogP contribution in [0, 0.1) is 0 Å². The summed E-state index contributed by atoms with van der Waals surface area (Å²) in [6, 6.07) is 17.9. The molecule has 4 rings (SSSR count). The lowest BCUT2D eigenvalue weighted by Gasteiger charge is -2.30. The first-order chi connectivity index (χ1) is 16.8. The second-order valence-corrected chi connectivity index (χ2v) is 10.5. The molecule has 0 atom stereocenters. The molecule has 0 aliphatic carbocycles. The molecular formula is C25H28N4O5S. The van der Waals surface area contributed by atoms with Crippen molar-refractivity contribution in [1.82, 2.24) is 15.2 Å². The van der Waals surface area contributed by atoms with Gasteiger partial charge in [0.05, 0.1) is 30.1 Å². The lowest BCUT2D eigenvalue weighted by Crippen LogP contribution is -2.44. The van der Waals surface area contributed by atoms with Gasteiger partial charge in [0.1, 0.15) is 0 Å². The summed E-state index contributed by atoms with van der Waals surface area (Å²) in [5, 5.41) is 1.99. The summed E-state index contributed by atoms with van der Waals surface area (Å²) in [7, 11) is -0.892. The standard InChI is InChI=1S/C25H28N4O5S/c1-28(2)35(32,33)20-10-11-23(29-12-14-34-15-13-29)22(17-20)25(31)27-26-24(30)16-19-8-5-7-18-6-3-4-9-21(18)19/h3-11,17H,12-16H2,1-2H3,(H,26,30)(H,27,31). The molecule has 35 heavy (non-hydrogen) atoms. The molecule has 2 N–H and O–H groups in total. The van der Waals surface area contributed by atoms with Gasteiger partial charge in [-0.15, -0.1) is 0 Å². The number of rotatable bonds is 6. The number of amides is 2. The van der Waals surface area contributed by atoms with E-state index in [4.69, 9.17) is 4.74 Å². The van der Waals surface area contributed by atoms with Crippen LogP contribution < -0.4 is 15.8 Å². The van der Waals surface area contributed by atoms with Crippen molar-refractivity contribution in [2.75, 3.05) is 45.3 Å². The third-order valence-electron chi connectivity index (χ3n) is 5.89. The lowest BCUT2D eigenvalue weighted by atomic mass is 10.0. The number of anilines is 1. The number of hydrogen-bond acceptors (Lipinski definition) is 6. The fourth-order valence-corrected chi connectivity index (χ4v) is 4.93. The first-order valence-corrected chi connectivity index (χ1v) is 12.7. The van der Waals surface area contributed by atoms with Gasteiger partial charge in [0.25, 0.3) is 5.91 Å². The Morgan fingerprint density at radius 1 is 0.971 bits per heavy atom. The van der Waals surface area contributed by atoms with Crippen molar-refractivity contribution in [1.29, 1.82) is 0 Å². The Morgan fingerprint density at radius 2 is 1.69 bits per heavy atom. The molecule has 1 aliphatic rings. The van der Waals surface area contributed by atoms with E-state index in [-0.39, 0.29) is 22.8 Å². The Labute approximate surface area is 204 Å². The van der Waals surface area contributed by atoms with Gasteiger partial charge in [-0.3, -0.25) is 20.4 Å². The van der Waals surface area contributed by atoms with Crippen LogP contribution in [0.15, 0.2) is 65.6 Å². The van der Waals surface area contributed by atoms with Crippen molar-refractivity contribution >= 4 is 38.3 Å². The van der Waals surface area contributed by atoms with E-state index in [9.17, 15) is 18.0 Å². The zero-order chi connectivity index (χ0) is 25.0. The molecule has 0 radical (unpaired) electrons. The second-order valence-electron chi connectivity index (χ2n) is 8.38. The van der Waals surface area contributed by atoms with Gasteiger partial charge in [0, 0.05) is 32.9 Å². The van der Waals surface area contributed by atoms with Crippen molar-refractivity contribution in [2.24, 2.45) is 0 Å². The molecule has 1 saturated heterocycles. The number of sulfonamides is 1. The summed E-state index contributed by atoms with van der Waals surface area (Å²) >= 11 is 0. The van der Waals surface area contributed by atoms with Crippen LogP contribution in [-0.2, 0) is 26.0 Å². The molecule has 9 nitrogen and oxygen atoms in total. The van der Waals surface area contributed by atoms with Crippen LogP contribution in [0.4, 0.5) is 5.69 Å². The molecule has 10 heteroatoms. The fourth-order valence-electron chi connectivity index (χ4n) is 4.01. The minimum atomic E-state index is -3.75. The number of fused-ring (bicyclic) bond motifs is 1. The van der Waals surface area contributed by atoms with Crippen molar-refractivity contribution in [3.63, 3.8) is 0 Å². The van der Waals surface area contributed by atoms with Crippen LogP contribution >= 0.6 is 0 Å². The van der Waals surface area contributed by atoms with Gasteiger partial charge in [-0.25, -0.2) is 12.7 Å². The maximum absolute atomic E-state index is 13.1. The number of hydrogen-bond donors (Lipinski definition) is 2. The average molecular weight is 497 g/mol. The lowest BCUT2D eigenvalue weighted by molar-refractivity contribution is -0.121. The van der Waals surface area contributed by atoms with E-state index in [1.54, 1.807) is 6.07 Å². The molecule has 3 aromatic carbocycles. The Balaban J connectivity index is 1.54. The van der Waals surface area contributed by atoms with Crippen LogP contribution in [0.1, 0.15) is 15.9 Å². The van der Waals surface area contributed by atoms with Gasteiger partial charge in [0.15, 0.2) is 0 Å². The first kappa shape index (κ1) is 24.6. The summed E-state index contributed by atoms with van der Waals surface area (Å²) in [5.41, 5.74) is 6.48. The van der Waals surface area contributed by atoms with E-state index < -0.39 is 15.9 Å². The highest BCUT2D eigenvalue weighted by Crippen LogP contribution is 2.26.